The Bertz CT molecular complexity index is 398. The number of nitrogens with zero attached hydrogens (tertiary/aromatic N) is 1. The van der Waals surface area contributed by atoms with Gasteiger partial charge in [0.2, 0.25) is 0 Å². The molecule has 0 aromatic heterocycles. The molecule has 0 aliphatic rings. The summed E-state index contributed by atoms with van der Waals surface area (Å²) < 4.78 is 25.9. The molecule has 0 radical (unpaired) electrons. The lowest BCUT2D eigenvalue weighted by atomic mass is 10.2. The maximum atomic E-state index is 13.3. The molecule has 1 aromatic rings. The van der Waals surface area contributed by atoms with E-state index in [4.69, 9.17) is 10.8 Å². The van der Waals surface area contributed by atoms with E-state index in [2.05, 4.69) is 0 Å². The van der Waals surface area contributed by atoms with Crippen molar-refractivity contribution in [2.75, 3.05) is 18.5 Å². The van der Waals surface area contributed by atoms with Gasteiger partial charge in [-0.05, 0) is 12.1 Å². The van der Waals surface area contributed by atoms with Gasteiger partial charge in [0.1, 0.15) is 17.7 Å². The minimum atomic E-state index is -1.17. The number of benzene rings is 1. The number of likely N-dealkylation sites (N-methyl/N-ethyl adjacent to an activating group) is 1. The number of hydrogen-bond acceptors (Lipinski definition) is 3. The second kappa shape index (κ2) is 4.89. The average Bonchev–Trinajstić information content (AvgIpc) is 2.16. The molecule has 0 fully saturated rings. The molecule has 0 saturated carbocycles. The Kier molecular flexibility index (Phi) is 3.78. The number of carboxylic acid groups (broad SMARTS) is 1. The van der Waals surface area contributed by atoms with Crippen molar-refractivity contribution in [1.82, 2.24) is 0 Å². The molecule has 0 saturated heterocycles. The highest BCUT2D eigenvalue weighted by Crippen LogP contribution is 2.18. The predicted molar refractivity (Wildman–Crippen MR) is 55.2 cm³/mol. The molecule has 1 aromatic carbocycles. The van der Waals surface area contributed by atoms with Crippen molar-refractivity contribution in [2.45, 2.75) is 6.04 Å². The summed E-state index contributed by atoms with van der Waals surface area (Å²) in [5, 5.41) is 8.59. The van der Waals surface area contributed by atoms with Crippen molar-refractivity contribution in [3.8, 4) is 0 Å². The van der Waals surface area contributed by atoms with E-state index < -0.39 is 23.6 Å². The molecule has 0 bridgehead atoms. The Hall–Kier alpha value is -1.69. The molecule has 1 rings (SSSR count). The highest BCUT2D eigenvalue weighted by molar-refractivity contribution is 5.74. The first-order valence-corrected chi connectivity index (χ1v) is 4.56. The fraction of sp³-hybridized carbons (Fsp3) is 0.300. The normalized spacial score (nSPS) is 12.2. The van der Waals surface area contributed by atoms with Gasteiger partial charge in [-0.1, -0.05) is 0 Å². The quantitative estimate of drug-likeness (QED) is 0.803. The van der Waals surface area contributed by atoms with Gasteiger partial charge in [0.15, 0.2) is 0 Å². The molecular weight excluding hydrogens is 218 g/mol. The van der Waals surface area contributed by atoms with E-state index >= 15 is 0 Å². The molecule has 0 amide bonds. The summed E-state index contributed by atoms with van der Waals surface area (Å²) in [7, 11) is 1.49. The standard InChI is InChI=1S/C10H12F2N2O2/c1-14(5-8(13)10(15)16)9-3-2-6(11)4-7(9)12/h2-4,8H,5,13H2,1H3,(H,15,16). The fourth-order valence-electron chi connectivity index (χ4n) is 1.26. The zero-order valence-electron chi connectivity index (χ0n) is 8.65. The van der Waals surface area contributed by atoms with Gasteiger partial charge in [0, 0.05) is 19.7 Å². The fourth-order valence-corrected chi connectivity index (χ4v) is 1.26. The van der Waals surface area contributed by atoms with E-state index in [1.165, 1.54) is 18.0 Å². The molecule has 0 aliphatic heterocycles. The van der Waals surface area contributed by atoms with Crippen LogP contribution in [0.25, 0.3) is 0 Å². The van der Waals surface area contributed by atoms with Crippen LogP contribution in [-0.4, -0.2) is 30.7 Å². The lowest BCUT2D eigenvalue weighted by Gasteiger charge is -2.21. The van der Waals surface area contributed by atoms with Crippen LogP contribution in [0.4, 0.5) is 14.5 Å². The van der Waals surface area contributed by atoms with Crippen molar-refractivity contribution in [3.05, 3.63) is 29.8 Å². The molecule has 88 valence electrons. The zero-order valence-corrected chi connectivity index (χ0v) is 8.65. The van der Waals surface area contributed by atoms with E-state index in [9.17, 15) is 13.6 Å². The van der Waals surface area contributed by atoms with Gasteiger partial charge in [0.25, 0.3) is 0 Å². The second-order valence-electron chi connectivity index (χ2n) is 3.42. The summed E-state index contributed by atoms with van der Waals surface area (Å²) in [4.78, 5) is 11.8. The smallest absolute Gasteiger partial charge is 0.322 e. The third-order valence-electron chi connectivity index (χ3n) is 2.11. The minimum absolute atomic E-state index is 0.0577. The first-order valence-electron chi connectivity index (χ1n) is 4.56. The average molecular weight is 230 g/mol. The van der Waals surface area contributed by atoms with Crippen LogP contribution in [-0.2, 0) is 4.79 Å². The number of carboxylic acids is 1. The van der Waals surface area contributed by atoms with Crippen molar-refractivity contribution in [1.29, 1.82) is 0 Å². The van der Waals surface area contributed by atoms with E-state index in [0.717, 1.165) is 12.1 Å². The number of rotatable bonds is 4. The van der Waals surface area contributed by atoms with Gasteiger partial charge >= 0.3 is 5.97 Å². The van der Waals surface area contributed by atoms with Crippen LogP contribution < -0.4 is 10.6 Å². The molecule has 3 N–H and O–H groups in total. The number of nitrogens with two attached hydrogens (primary N) is 1. The zero-order chi connectivity index (χ0) is 12.3. The molecular formula is C10H12F2N2O2. The maximum Gasteiger partial charge on any atom is 0.322 e. The topological polar surface area (TPSA) is 66.6 Å². The Labute approximate surface area is 91.3 Å². The molecule has 16 heavy (non-hydrogen) atoms. The van der Waals surface area contributed by atoms with Crippen LogP contribution in [0, 0.1) is 11.6 Å². The van der Waals surface area contributed by atoms with Crippen LogP contribution in [0.1, 0.15) is 0 Å². The van der Waals surface area contributed by atoms with Gasteiger partial charge in [0.05, 0.1) is 5.69 Å². The lowest BCUT2D eigenvalue weighted by molar-refractivity contribution is -0.138. The Morgan fingerprint density at radius 2 is 2.19 bits per heavy atom. The van der Waals surface area contributed by atoms with Crippen LogP contribution in [0.3, 0.4) is 0 Å². The summed E-state index contributed by atoms with van der Waals surface area (Å²) in [6.07, 6.45) is 0. The first kappa shape index (κ1) is 12.4. The maximum absolute atomic E-state index is 13.3. The molecule has 1 atom stereocenters. The Morgan fingerprint density at radius 1 is 1.56 bits per heavy atom. The van der Waals surface area contributed by atoms with Crippen molar-refractivity contribution >= 4 is 11.7 Å². The SMILES string of the molecule is CN(CC(N)C(=O)O)c1ccc(F)cc1F. The Balaban J connectivity index is 2.80. The van der Waals surface area contributed by atoms with E-state index in [-0.39, 0.29) is 12.2 Å². The molecule has 0 spiro atoms. The van der Waals surface area contributed by atoms with Crippen LogP contribution in [0.2, 0.25) is 0 Å². The van der Waals surface area contributed by atoms with Crippen molar-refractivity contribution in [3.63, 3.8) is 0 Å². The van der Waals surface area contributed by atoms with Gasteiger partial charge in [-0.2, -0.15) is 0 Å². The summed E-state index contributed by atoms with van der Waals surface area (Å²) in [6.45, 7) is -0.0577. The third-order valence-corrected chi connectivity index (χ3v) is 2.11. The molecule has 4 nitrogen and oxygen atoms in total. The summed E-state index contributed by atoms with van der Waals surface area (Å²) >= 11 is 0. The van der Waals surface area contributed by atoms with Crippen LogP contribution in [0.5, 0.6) is 0 Å². The van der Waals surface area contributed by atoms with Gasteiger partial charge in [-0.15, -0.1) is 0 Å². The minimum Gasteiger partial charge on any atom is -0.480 e. The number of anilines is 1. The monoisotopic (exact) mass is 230 g/mol. The van der Waals surface area contributed by atoms with Gasteiger partial charge in [-0.3, -0.25) is 4.79 Å². The van der Waals surface area contributed by atoms with Crippen molar-refractivity contribution < 1.29 is 18.7 Å². The first-order chi connectivity index (χ1) is 7.41. The second-order valence-corrected chi connectivity index (χ2v) is 3.42. The van der Waals surface area contributed by atoms with Crippen LogP contribution >= 0.6 is 0 Å². The van der Waals surface area contributed by atoms with Crippen LogP contribution in [0.15, 0.2) is 18.2 Å². The van der Waals surface area contributed by atoms with Gasteiger partial charge in [-0.25, -0.2) is 8.78 Å². The largest absolute Gasteiger partial charge is 0.480 e. The summed E-state index contributed by atoms with van der Waals surface area (Å²) in [5.41, 5.74) is 5.41. The highest BCUT2D eigenvalue weighted by Gasteiger charge is 2.16. The highest BCUT2D eigenvalue weighted by atomic mass is 19.1. The molecule has 0 heterocycles. The number of aliphatic carboxylic acids is 1. The Morgan fingerprint density at radius 3 is 2.69 bits per heavy atom. The number of carbonyl (C=O) groups is 1. The number of halogens is 2. The summed E-state index contributed by atoms with van der Waals surface area (Å²) in [6, 6.07) is 1.95. The van der Waals surface area contributed by atoms with Gasteiger partial charge < -0.3 is 15.7 Å². The molecule has 1 unspecified atom stereocenters. The van der Waals surface area contributed by atoms with Crippen molar-refractivity contribution in [2.24, 2.45) is 5.73 Å². The predicted octanol–water partition coefficient (Wildman–Crippen LogP) is 0.813. The third kappa shape index (κ3) is 2.90. The summed E-state index contributed by atoms with van der Waals surface area (Å²) in [5.74, 6) is -2.60. The number of hydrogen-bond donors (Lipinski definition) is 2. The molecule has 6 heteroatoms. The van der Waals surface area contributed by atoms with E-state index in [0.29, 0.717) is 0 Å². The molecule has 0 aliphatic carbocycles. The van der Waals surface area contributed by atoms with E-state index in [1.807, 2.05) is 0 Å². The lowest BCUT2D eigenvalue weighted by Crippen LogP contribution is -2.41. The van der Waals surface area contributed by atoms with E-state index in [1.54, 1.807) is 0 Å².